The molecule has 4 aromatic rings. The van der Waals surface area contributed by atoms with Gasteiger partial charge in [-0.05, 0) is 84.5 Å². The lowest BCUT2D eigenvalue weighted by atomic mass is 9.49. The first-order valence-electron chi connectivity index (χ1n) is 17.4. The summed E-state index contributed by atoms with van der Waals surface area (Å²) in [5.74, 6) is -6.65. The van der Waals surface area contributed by atoms with Crippen LogP contribution in [0.1, 0.15) is 29.9 Å². The molecule has 4 amide bonds. The van der Waals surface area contributed by atoms with Gasteiger partial charge in [0.2, 0.25) is 11.8 Å². The number of imide groups is 2. The first-order chi connectivity index (χ1) is 26.8. The van der Waals surface area contributed by atoms with Gasteiger partial charge in [0.1, 0.15) is 5.75 Å². The van der Waals surface area contributed by atoms with Crippen LogP contribution in [0.15, 0.2) is 90.5 Å². The van der Waals surface area contributed by atoms with Crippen LogP contribution in [0, 0.1) is 33.8 Å². The van der Waals surface area contributed by atoms with E-state index in [4.69, 9.17) is 44.3 Å². The lowest BCUT2D eigenvalue weighted by molar-refractivity contribution is -0.384. The number of ether oxygens (including phenoxy) is 2. The highest BCUT2D eigenvalue weighted by Gasteiger charge is 2.70. The summed E-state index contributed by atoms with van der Waals surface area (Å²) in [6.07, 6.45) is 1.97. The summed E-state index contributed by atoms with van der Waals surface area (Å²) < 4.78 is 11.0. The van der Waals surface area contributed by atoms with Crippen molar-refractivity contribution in [2.45, 2.75) is 24.2 Å². The number of hydrogen-bond donors (Lipinski definition) is 2. The molecule has 6 atom stereocenters. The van der Waals surface area contributed by atoms with E-state index in [0.29, 0.717) is 27.5 Å². The number of benzene rings is 4. The molecule has 286 valence electrons. The van der Waals surface area contributed by atoms with Crippen molar-refractivity contribution in [1.29, 1.82) is 0 Å². The lowest BCUT2D eigenvalue weighted by Crippen LogP contribution is -2.53. The number of fused-ring (bicyclic) bond motifs is 4. The Morgan fingerprint density at radius 2 is 1.57 bits per heavy atom. The molecule has 4 aromatic carbocycles. The van der Waals surface area contributed by atoms with E-state index < -0.39 is 63.6 Å². The molecule has 1 saturated carbocycles. The van der Waals surface area contributed by atoms with Gasteiger partial charge in [-0.2, -0.15) is 5.01 Å². The SMILES string of the molecule is COc1ccc([C@@]23C(=O)N(Nc4ccc(Cl)cc4Cl)C(=O)[C@@H]2C[C@@H]2C(=CC[C@@H]4C(=O)N(c5ccc([N+](=O)[O-])cc5)C(=O)[C@@H]42)[C@@H]3c2cc(Cl)c(O)c(OC)c2)cc1. The predicted octanol–water partition coefficient (Wildman–Crippen LogP) is 7.47. The molecule has 16 heteroatoms. The minimum absolute atomic E-state index is 0.0112. The first kappa shape index (κ1) is 37.3. The van der Waals surface area contributed by atoms with E-state index in [-0.39, 0.29) is 51.4 Å². The van der Waals surface area contributed by atoms with Crippen molar-refractivity contribution < 1.29 is 38.7 Å². The number of nitro benzene ring substituents is 1. The maximum Gasteiger partial charge on any atom is 0.269 e. The fourth-order valence-electron chi connectivity index (χ4n) is 9.11. The molecule has 0 spiro atoms. The van der Waals surface area contributed by atoms with Crippen molar-refractivity contribution in [1.82, 2.24) is 5.01 Å². The zero-order valence-corrected chi connectivity index (χ0v) is 31.8. The highest BCUT2D eigenvalue weighted by atomic mass is 35.5. The number of nitrogens with zero attached hydrogens (tertiary/aromatic N) is 3. The smallest absolute Gasteiger partial charge is 0.269 e. The van der Waals surface area contributed by atoms with Gasteiger partial charge in [-0.1, -0.05) is 58.6 Å². The number of halogens is 3. The zero-order valence-electron chi connectivity index (χ0n) is 29.6. The van der Waals surface area contributed by atoms with Crippen LogP contribution in [0.3, 0.4) is 0 Å². The third-order valence-corrected chi connectivity index (χ3v) is 12.3. The van der Waals surface area contributed by atoms with Crippen LogP contribution in [0.4, 0.5) is 17.1 Å². The van der Waals surface area contributed by atoms with Crippen LogP contribution < -0.4 is 19.8 Å². The molecule has 4 aliphatic rings. The number of phenols is 1. The van der Waals surface area contributed by atoms with E-state index in [9.17, 15) is 29.6 Å². The Labute approximate surface area is 334 Å². The molecule has 2 saturated heterocycles. The number of aromatic hydroxyl groups is 1. The average molecular weight is 818 g/mol. The normalized spacial score (nSPS) is 25.4. The highest BCUT2D eigenvalue weighted by molar-refractivity contribution is 6.36. The van der Waals surface area contributed by atoms with Gasteiger partial charge >= 0.3 is 0 Å². The van der Waals surface area contributed by atoms with E-state index in [0.717, 1.165) is 9.91 Å². The van der Waals surface area contributed by atoms with Crippen molar-refractivity contribution in [2.24, 2.45) is 23.7 Å². The molecule has 0 bridgehead atoms. The van der Waals surface area contributed by atoms with Gasteiger partial charge in [0.25, 0.3) is 17.5 Å². The number of methoxy groups -OCH3 is 2. The Hall–Kier alpha value is -5.63. The van der Waals surface area contributed by atoms with Gasteiger partial charge in [0, 0.05) is 23.1 Å². The number of hydrazine groups is 1. The topological polar surface area (TPSA) is 169 Å². The quantitative estimate of drug-likeness (QED) is 0.0788. The average Bonchev–Trinajstić information content (AvgIpc) is 3.57. The standard InChI is InChI=1S/C40H31Cl3N4O9/c1-55-24-10-3-20(4-11-24)40-28(37(50)46(39(40)52)44-31-14-5-21(41)17-29(31)42)18-27-25(34(40)19-15-30(43)35(48)32(16-19)56-2)12-13-26-33(27)38(51)45(36(26)49)22-6-8-23(9-7-22)47(53)54/h3-12,14-17,26-28,33-34,44,48H,13,18H2,1-2H3/t26-,27+,28-,33-,34-,40+/m0/s1. The van der Waals surface area contributed by atoms with Crippen LogP contribution in [-0.2, 0) is 24.6 Å². The first-order valence-corrected chi connectivity index (χ1v) is 18.6. The van der Waals surface area contributed by atoms with Crippen LogP contribution >= 0.6 is 34.8 Å². The van der Waals surface area contributed by atoms with Crippen LogP contribution in [0.2, 0.25) is 15.1 Å². The number of nitrogens with one attached hydrogen (secondary N) is 1. The maximum atomic E-state index is 15.5. The Bertz CT molecular complexity index is 2390. The number of anilines is 2. The number of carbonyl (C=O) groups is 4. The highest BCUT2D eigenvalue weighted by Crippen LogP contribution is 2.65. The monoisotopic (exact) mass is 816 g/mol. The van der Waals surface area contributed by atoms with Gasteiger partial charge in [0.15, 0.2) is 11.5 Å². The largest absolute Gasteiger partial charge is 0.503 e. The number of phenolic OH excluding ortho intramolecular Hbond substituents is 1. The fourth-order valence-corrected chi connectivity index (χ4v) is 9.78. The minimum atomic E-state index is -1.68. The summed E-state index contributed by atoms with van der Waals surface area (Å²) in [7, 11) is 2.86. The molecule has 0 aromatic heterocycles. The van der Waals surface area contributed by atoms with Gasteiger partial charge in [0.05, 0.1) is 63.7 Å². The van der Waals surface area contributed by atoms with E-state index >= 15 is 4.79 Å². The number of carbonyl (C=O) groups excluding carboxylic acids is 4. The second-order valence-electron chi connectivity index (χ2n) is 14.1. The zero-order chi connectivity index (χ0) is 39.8. The molecule has 0 unspecified atom stereocenters. The summed E-state index contributed by atoms with van der Waals surface area (Å²) >= 11 is 19.3. The van der Waals surface area contributed by atoms with Crippen LogP contribution in [0.25, 0.3) is 0 Å². The van der Waals surface area contributed by atoms with Crippen molar-refractivity contribution in [3.8, 4) is 17.2 Å². The Morgan fingerprint density at radius 1 is 0.857 bits per heavy atom. The number of hydrogen-bond acceptors (Lipinski definition) is 10. The molecule has 2 aliphatic heterocycles. The van der Waals surface area contributed by atoms with Crippen molar-refractivity contribution in [3.63, 3.8) is 0 Å². The number of amides is 4. The summed E-state index contributed by atoms with van der Waals surface area (Å²) in [6, 6.07) is 19.6. The third kappa shape index (κ3) is 5.51. The molecule has 2 N–H and O–H groups in total. The van der Waals surface area contributed by atoms with Crippen LogP contribution in [0.5, 0.6) is 17.2 Å². The second-order valence-corrected chi connectivity index (χ2v) is 15.3. The Kier molecular flexibility index (Phi) is 9.22. The summed E-state index contributed by atoms with van der Waals surface area (Å²) in [5, 5.41) is 23.5. The molecule has 2 aliphatic carbocycles. The van der Waals surface area contributed by atoms with Gasteiger partial charge in [-0.15, -0.1) is 0 Å². The van der Waals surface area contributed by atoms with Crippen LogP contribution in [-0.4, -0.2) is 52.9 Å². The molecular formula is C40H31Cl3N4O9. The predicted molar refractivity (Wildman–Crippen MR) is 206 cm³/mol. The summed E-state index contributed by atoms with van der Waals surface area (Å²) in [5.41, 5.74) is 2.97. The summed E-state index contributed by atoms with van der Waals surface area (Å²) in [4.78, 5) is 70.9. The number of nitro groups is 1. The van der Waals surface area contributed by atoms with E-state index in [1.54, 1.807) is 36.4 Å². The number of non-ortho nitro benzene ring substituents is 1. The molecule has 3 fully saturated rings. The number of rotatable bonds is 8. The van der Waals surface area contributed by atoms with E-state index in [2.05, 4.69) is 5.43 Å². The van der Waals surface area contributed by atoms with Crippen molar-refractivity contribution >= 4 is 75.5 Å². The molecule has 8 rings (SSSR count). The maximum absolute atomic E-state index is 15.5. The number of allylic oxidation sites excluding steroid dienone is 2. The summed E-state index contributed by atoms with van der Waals surface area (Å²) in [6.45, 7) is 0. The fraction of sp³-hybridized carbons (Fsp3) is 0.250. The van der Waals surface area contributed by atoms with Crippen molar-refractivity contribution in [3.05, 3.63) is 127 Å². The molecule has 13 nitrogen and oxygen atoms in total. The van der Waals surface area contributed by atoms with Gasteiger partial charge in [-0.3, -0.25) is 39.6 Å². The molecule has 2 heterocycles. The molecule has 0 radical (unpaired) electrons. The minimum Gasteiger partial charge on any atom is -0.503 e. The van der Waals surface area contributed by atoms with Crippen molar-refractivity contribution in [2.75, 3.05) is 24.5 Å². The Morgan fingerprint density at radius 3 is 2.21 bits per heavy atom. The van der Waals surface area contributed by atoms with Gasteiger partial charge < -0.3 is 14.6 Å². The third-order valence-electron chi connectivity index (χ3n) is 11.5. The van der Waals surface area contributed by atoms with E-state index in [1.165, 1.54) is 56.7 Å². The van der Waals surface area contributed by atoms with Gasteiger partial charge in [-0.25, -0.2) is 0 Å². The molecule has 56 heavy (non-hydrogen) atoms. The second kappa shape index (κ2) is 13.8. The Balaban J connectivity index is 1.33. The molecular weight excluding hydrogens is 787 g/mol. The lowest BCUT2D eigenvalue weighted by Gasteiger charge is -2.50. The van der Waals surface area contributed by atoms with E-state index in [1.807, 2.05) is 6.08 Å².